The lowest BCUT2D eigenvalue weighted by molar-refractivity contribution is -0.133. The van der Waals surface area contributed by atoms with Gasteiger partial charge in [0.2, 0.25) is 0 Å². The molecule has 2 rings (SSSR count). The monoisotopic (exact) mass is 356 g/mol. The van der Waals surface area contributed by atoms with E-state index >= 15 is 0 Å². The summed E-state index contributed by atoms with van der Waals surface area (Å²) in [6.45, 7) is 7.14. The first-order valence-corrected chi connectivity index (χ1v) is 8.38. The van der Waals surface area contributed by atoms with Gasteiger partial charge in [-0.1, -0.05) is 36.4 Å². The molecule has 0 aliphatic rings. The summed E-state index contributed by atoms with van der Waals surface area (Å²) >= 11 is 0. The Kier molecular flexibility index (Phi) is 6.60. The molecular formula is C20H24N2O4. The number of benzene rings is 2. The molecule has 0 fully saturated rings. The summed E-state index contributed by atoms with van der Waals surface area (Å²) in [5.74, 6) is 0.392. The minimum Gasteiger partial charge on any atom is -0.483 e. The second kappa shape index (κ2) is 8.89. The standard InChI is InChI=1S/C20H24N2O4/c1-13-8-5-6-11-17(13)25-12-18(23)21-22-20(24)16(4)26-19-14(2)9-7-10-15(19)3/h5-11,16H,12H2,1-4H3,(H,21,23)(H,22,24). The summed E-state index contributed by atoms with van der Waals surface area (Å²) < 4.78 is 11.1. The Morgan fingerprint density at radius 3 is 2.19 bits per heavy atom. The van der Waals surface area contributed by atoms with Crippen molar-refractivity contribution in [3.05, 3.63) is 59.2 Å². The minimum absolute atomic E-state index is 0.197. The molecule has 138 valence electrons. The first-order valence-electron chi connectivity index (χ1n) is 8.38. The Morgan fingerprint density at radius 1 is 0.923 bits per heavy atom. The first-order chi connectivity index (χ1) is 12.4. The number of amides is 2. The third-order valence-corrected chi connectivity index (χ3v) is 3.85. The fourth-order valence-electron chi connectivity index (χ4n) is 2.35. The lowest BCUT2D eigenvalue weighted by Gasteiger charge is -2.18. The molecule has 0 aliphatic carbocycles. The summed E-state index contributed by atoms with van der Waals surface area (Å²) in [6, 6.07) is 13.1. The van der Waals surface area contributed by atoms with Gasteiger partial charge in [-0.2, -0.15) is 0 Å². The van der Waals surface area contributed by atoms with E-state index in [9.17, 15) is 9.59 Å². The predicted octanol–water partition coefficient (Wildman–Crippen LogP) is 2.61. The fourth-order valence-corrected chi connectivity index (χ4v) is 2.35. The average molecular weight is 356 g/mol. The molecule has 2 N–H and O–H groups in total. The van der Waals surface area contributed by atoms with Gasteiger partial charge in [0.25, 0.3) is 11.8 Å². The van der Waals surface area contributed by atoms with Crippen LogP contribution >= 0.6 is 0 Å². The van der Waals surface area contributed by atoms with E-state index in [1.165, 1.54) is 0 Å². The van der Waals surface area contributed by atoms with Crippen LogP contribution in [0, 0.1) is 20.8 Å². The van der Waals surface area contributed by atoms with Gasteiger partial charge in [-0.3, -0.25) is 20.4 Å². The number of carbonyl (C=O) groups is 2. The van der Waals surface area contributed by atoms with Crippen LogP contribution in [0.2, 0.25) is 0 Å². The number of hydrazine groups is 1. The lowest BCUT2D eigenvalue weighted by atomic mass is 10.1. The molecule has 0 aromatic heterocycles. The van der Waals surface area contributed by atoms with Crippen molar-refractivity contribution in [1.29, 1.82) is 0 Å². The van der Waals surface area contributed by atoms with Gasteiger partial charge in [0.05, 0.1) is 0 Å². The molecule has 2 amide bonds. The normalized spacial score (nSPS) is 11.4. The summed E-state index contributed by atoms with van der Waals surface area (Å²) in [7, 11) is 0. The van der Waals surface area contributed by atoms with Gasteiger partial charge >= 0.3 is 0 Å². The van der Waals surface area contributed by atoms with Gasteiger partial charge < -0.3 is 9.47 Å². The van der Waals surface area contributed by atoms with E-state index in [-0.39, 0.29) is 6.61 Å². The molecule has 0 aliphatic heterocycles. The highest BCUT2D eigenvalue weighted by atomic mass is 16.5. The quantitative estimate of drug-likeness (QED) is 0.780. The average Bonchev–Trinajstić information content (AvgIpc) is 2.62. The molecule has 0 saturated heterocycles. The number of para-hydroxylation sites is 2. The molecule has 0 radical (unpaired) electrons. The molecule has 2 aromatic rings. The second-order valence-corrected chi connectivity index (χ2v) is 6.07. The number of carbonyl (C=O) groups excluding carboxylic acids is 2. The Morgan fingerprint density at radius 2 is 1.54 bits per heavy atom. The highest BCUT2D eigenvalue weighted by molar-refractivity contribution is 5.85. The molecule has 0 bridgehead atoms. The number of nitrogens with one attached hydrogen (secondary N) is 2. The van der Waals surface area contributed by atoms with E-state index in [1.807, 2.05) is 57.2 Å². The van der Waals surface area contributed by atoms with E-state index in [2.05, 4.69) is 10.9 Å². The van der Waals surface area contributed by atoms with Gasteiger partial charge in [0.1, 0.15) is 11.5 Å². The molecule has 6 heteroatoms. The zero-order chi connectivity index (χ0) is 19.1. The van der Waals surface area contributed by atoms with Crippen molar-refractivity contribution >= 4 is 11.8 Å². The fraction of sp³-hybridized carbons (Fsp3) is 0.300. The molecule has 2 aromatic carbocycles. The number of hydrogen-bond acceptors (Lipinski definition) is 4. The van der Waals surface area contributed by atoms with Gasteiger partial charge in [0, 0.05) is 0 Å². The lowest BCUT2D eigenvalue weighted by Crippen LogP contribution is -2.48. The molecule has 1 unspecified atom stereocenters. The minimum atomic E-state index is -0.757. The van der Waals surface area contributed by atoms with Crippen LogP contribution in [0.5, 0.6) is 11.5 Å². The van der Waals surface area contributed by atoms with Crippen LogP contribution in [-0.2, 0) is 9.59 Å². The summed E-state index contributed by atoms with van der Waals surface area (Å²) in [5.41, 5.74) is 7.49. The van der Waals surface area contributed by atoms with Gasteiger partial charge in [0.15, 0.2) is 12.7 Å². The van der Waals surface area contributed by atoms with E-state index in [4.69, 9.17) is 9.47 Å². The van der Waals surface area contributed by atoms with Crippen molar-refractivity contribution in [3.63, 3.8) is 0 Å². The number of ether oxygens (including phenoxy) is 2. The first kappa shape index (κ1) is 19.3. The van der Waals surface area contributed by atoms with Crippen molar-refractivity contribution in [2.24, 2.45) is 0 Å². The molecule has 6 nitrogen and oxygen atoms in total. The van der Waals surface area contributed by atoms with Crippen molar-refractivity contribution < 1.29 is 19.1 Å². The predicted molar refractivity (Wildman–Crippen MR) is 99.0 cm³/mol. The van der Waals surface area contributed by atoms with Crippen LogP contribution in [0.1, 0.15) is 23.6 Å². The topological polar surface area (TPSA) is 76.7 Å². The zero-order valence-electron chi connectivity index (χ0n) is 15.5. The highest BCUT2D eigenvalue weighted by Crippen LogP contribution is 2.23. The van der Waals surface area contributed by atoms with Crippen molar-refractivity contribution in [1.82, 2.24) is 10.9 Å². The van der Waals surface area contributed by atoms with Crippen LogP contribution in [0.3, 0.4) is 0 Å². The van der Waals surface area contributed by atoms with Gasteiger partial charge in [-0.15, -0.1) is 0 Å². The van der Waals surface area contributed by atoms with E-state index in [0.29, 0.717) is 11.5 Å². The van der Waals surface area contributed by atoms with Crippen molar-refractivity contribution in [3.8, 4) is 11.5 Å². The summed E-state index contributed by atoms with van der Waals surface area (Å²) in [6.07, 6.45) is -0.757. The molecule has 0 spiro atoms. The Balaban J connectivity index is 1.80. The van der Waals surface area contributed by atoms with Crippen LogP contribution < -0.4 is 20.3 Å². The molecule has 1 atom stereocenters. The van der Waals surface area contributed by atoms with Crippen LogP contribution in [0.15, 0.2) is 42.5 Å². The molecule has 0 heterocycles. The van der Waals surface area contributed by atoms with Crippen LogP contribution in [0.4, 0.5) is 0 Å². The number of aryl methyl sites for hydroxylation is 3. The Labute approximate surface area is 153 Å². The van der Waals surface area contributed by atoms with Crippen LogP contribution in [-0.4, -0.2) is 24.5 Å². The maximum absolute atomic E-state index is 12.1. The zero-order valence-corrected chi connectivity index (χ0v) is 15.5. The number of hydrogen-bond donors (Lipinski definition) is 2. The molecule has 26 heavy (non-hydrogen) atoms. The van der Waals surface area contributed by atoms with E-state index in [0.717, 1.165) is 16.7 Å². The maximum atomic E-state index is 12.1. The van der Waals surface area contributed by atoms with Gasteiger partial charge in [-0.05, 0) is 50.5 Å². The third-order valence-electron chi connectivity index (χ3n) is 3.85. The Bertz CT molecular complexity index is 769. The number of rotatable bonds is 6. The molecule has 0 saturated carbocycles. The van der Waals surface area contributed by atoms with Crippen molar-refractivity contribution in [2.75, 3.05) is 6.61 Å². The van der Waals surface area contributed by atoms with Crippen LogP contribution in [0.25, 0.3) is 0 Å². The van der Waals surface area contributed by atoms with Crippen molar-refractivity contribution in [2.45, 2.75) is 33.8 Å². The SMILES string of the molecule is Cc1ccccc1OCC(=O)NNC(=O)C(C)Oc1c(C)cccc1C. The third kappa shape index (κ3) is 5.24. The summed E-state index contributed by atoms with van der Waals surface area (Å²) in [5, 5.41) is 0. The van der Waals surface area contributed by atoms with E-state index < -0.39 is 17.9 Å². The molecular weight excluding hydrogens is 332 g/mol. The largest absolute Gasteiger partial charge is 0.483 e. The second-order valence-electron chi connectivity index (χ2n) is 6.07. The highest BCUT2D eigenvalue weighted by Gasteiger charge is 2.17. The van der Waals surface area contributed by atoms with Gasteiger partial charge in [-0.25, -0.2) is 0 Å². The van der Waals surface area contributed by atoms with E-state index in [1.54, 1.807) is 13.0 Å². The summed E-state index contributed by atoms with van der Waals surface area (Å²) in [4.78, 5) is 23.9. The Hall–Kier alpha value is -3.02. The maximum Gasteiger partial charge on any atom is 0.279 e. The smallest absolute Gasteiger partial charge is 0.279 e.